The Kier molecular flexibility index (Phi) is 7.57. The maximum atomic E-state index is 13.2. The van der Waals surface area contributed by atoms with E-state index >= 15 is 0 Å². The monoisotopic (exact) mass is 503 g/mol. The van der Waals surface area contributed by atoms with E-state index in [0.29, 0.717) is 11.5 Å². The molecule has 4 aromatic rings. The minimum Gasteiger partial charge on any atom is -0.493 e. The largest absolute Gasteiger partial charge is 0.493 e. The fourth-order valence-corrected chi connectivity index (χ4v) is 4.01. The predicted molar refractivity (Wildman–Crippen MR) is 132 cm³/mol. The fourth-order valence-electron chi connectivity index (χ4n) is 2.98. The molecule has 182 valence electrons. The number of para-hydroxylation sites is 2. The van der Waals surface area contributed by atoms with Crippen molar-refractivity contribution in [1.29, 1.82) is 0 Å². The molecule has 4 rings (SSSR count). The molecule has 0 bridgehead atoms. The molecule has 0 amide bonds. The van der Waals surface area contributed by atoms with Gasteiger partial charge in [0.1, 0.15) is 0 Å². The zero-order chi connectivity index (χ0) is 25.4. The van der Waals surface area contributed by atoms with Crippen molar-refractivity contribution in [2.45, 2.75) is 11.8 Å². The molecular weight excluding hydrogens is 482 g/mol. The molecule has 2 aromatic carbocycles. The van der Waals surface area contributed by atoms with Crippen molar-refractivity contribution in [2.24, 2.45) is 0 Å². The predicted octanol–water partition coefficient (Wildman–Crippen LogP) is 3.94. The molecule has 0 radical (unpaired) electrons. The Bertz CT molecular complexity index is 1500. The zero-order valence-electron chi connectivity index (χ0n) is 19.4. The molecule has 0 unspecified atom stereocenters. The molecule has 11 heteroatoms. The highest BCUT2D eigenvalue weighted by molar-refractivity contribution is 7.92. The second-order valence-corrected chi connectivity index (χ2v) is 8.67. The molecule has 36 heavy (non-hydrogen) atoms. The number of nitrogens with zero attached hydrogens (tertiary/aromatic N) is 4. The van der Waals surface area contributed by atoms with Crippen LogP contribution < -0.4 is 18.9 Å². The van der Waals surface area contributed by atoms with Crippen molar-refractivity contribution < 1.29 is 22.6 Å². The van der Waals surface area contributed by atoms with Crippen molar-refractivity contribution in [1.82, 2.24) is 19.9 Å². The lowest BCUT2D eigenvalue weighted by molar-refractivity contribution is 0.324. The summed E-state index contributed by atoms with van der Waals surface area (Å²) in [6, 6.07) is 16.3. The minimum atomic E-state index is -4.06. The van der Waals surface area contributed by atoms with E-state index in [4.69, 9.17) is 14.2 Å². The second-order valence-electron chi connectivity index (χ2n) is 6.99. The molecule has 2 heterocycles. The second kappa shape index (κ2) is 11.2. The van der Waals surface area contributed by atoms with Gasteiger partial charge in [-0.25, -0.2) is 23.4 Å². The van der Waals surface area contributed by atoms with Crippen molar-refractivity contribution >= 4 is 15.8 Å². The number of anilines is 1. The van der Waals surface area contributed by atoms with Crippen molar-refractivity contribution in [3.8, 4) is 46.6 Å². The van der Waals surface area contributed by atoms with Gasteiger partial charge in [0.05, 0.1) is 12.0 Å². The Labute approximate surface area is 208 Å². The summed E-state index contributed by atoms with van der Waals surface area (Å²) in [6.45, 7) is 1.63. The van der Waals surface area contributed by atoms with Gasteiger partial charge in [-0.1, -0.05) is 36.3 Å². The smallest absolute Gasteiger partial charge is 0.264 e. The molecule has 1 N–H and O–H groups in total. The number of sulfonamides is 1. The number of rotatable bonds is 9. The molecular formula is C25H21N5O5S. The van der Waals surface area contributed by atoms with Crippen LogP contribution in [0.5, 0.6) is 23.1 Å². The van der Waals surface area contributed by atoms with Crippen LogP contribution in [0, 0.1) is 11.8 Å². The molecule has 0 aliphatic heterocycles. The summed E-state index contributed by atoms with van der Waals surface area (Å²) in [4.78, 5) is 17.2. The third kappa shape index (κ3) is 5.68. The first-order chi connectivity index (χ1) is 17.5. The van der Waals surface area contributed by atoms with Crippen LogP contribution in [-0.4, -0.2) is 42.1 Å². The molecule has 0 aliphatic carbocycles. The number of methoxy groups -OCH3 is 1. The average Bonchev–Trinajstić information content (AvgIpc) is 2.91. The third-order valence-electron chi connectivity index (χ3n) is 4.62. The van der Waals surface area contributed by atoms with Gasteiger partial charge in [0, 0.05) is 12.4 Å². The normalized spacial score (nSPS) is 10.6. The molecule has 0 atom stereocenters. The van der Waals surface area contributed by atoms with Gasteiger partial charge in [-0.3, -0.25) is 4.72 Å². The number of nitrogens with one attached hydrogen (secondary N) is 1. The first kappa shape index (κ1) is 24.4. The van der Waals surface area contributed by atoms with Gasteiger partial charge in [-0.05, 0) is 37.3 Å². The van der Waals surface area contributed by atoms with Gasteiger partial charge in [0.2, 0.25) is 11.6 Å². The maximum Gasteiger partial charge on any atom is 0.264 e. The molecule has 0 aliphatic rings. The van der Waals surface area contributed by atoms with E-state index in [-0.39, 0.29) is 40.6 Å². The molecule has 0 fully saturated rings. The fraction of sp³-hybridized carbons (Fsp3) is 0.120. The van der Waals surface area contributed by atoms with E-state index in [1.165, 1.54) is 31.6 Å². The van der Waals surface area contributed by atoms with E-state index in [0.717, 1.165) is 0 Å². The van der Waals surface area contributed by atoms with Gasteiger partial charge in [-0.2, -0.15) is 4.98 Å². The van der Waals surface area contributed by atoms with E-state index in [9.17, 15) is 8.42 Å². The lowest BCUT2D eigenvalue weighted by Gasteiger charge is -2.17. The van der Waals surface area contributed by atoms with Gasteiger partial charge >= 0.3 is 0 Å². The molecule has 10 nitrogen and oxygen atoms in total. The van der Waals surface area contributed by atoms with Crippen molar-refractivity contribution in [3.63, 3.8) is 0 Å². The zero-order valence-corrected chi connectivity index (χ0v) is 20.2. The van der Waals surface area contributed by atoms with Crippen LogP contribution in [-0.2, 0) is 10.0 Å². The van der Waals surface area contributed by atoms with Gasteiger partial charge < -0.3 is 14.2 Å². The van der Waals surface area contributed by atoms with E-state index in [1.54, 1.807) is 55.5 Å². The summed E-state index contributed by atoms with van der Waals surface area (Å²) in [5.41, 5.74) is 0. The van der Waals surface area contributed by atoms with Crippen LogP contribution in [0.2, 0.25) is 0 Å². The van der Waals surface area contributed by atoms with Crippen LogP contribution >= 0.6 is 0 Å². The Hall–Kier alpha value is -4.69. The summed E-state index contributed by atoms with van der Waals surface area (Å²) in [6.07, 6.45) is 3.03. The Morgan fingerprint density at radius 1 is 0.889 bits per heavy atom. The van der Waals surface area contributed by atoms with Gasteiger partial charge in [0.15, 0.2) is 29.7 Å². The maximum absolute atomic E-state index is 13.2. The van der Waals surface area contributed by atoms with Crippen LogP contribution in [0.1, 0.15) is 6.92 Å². The number of hydrogen-bond donors (Lipinski definition) is 1. The van der Waals surface area contributed by atoms with Gasteiger partial charge in [0.25, 0.3) is 15.9 Å². The van der Waals surface area contributed by atoms with E-state index < -0.39 is 10.0 Å². The average molecular weight is 504 g/mol. The molecule has 2 aromatic heterocycles. The third-order valence-corrected chi connectivity index (χ3v) is 5.98. The van der Waals surface area contributed by atoms with Crippen molar-refractivity contribution in [2.75, 3.05) is 18.4 Å². The summed E-state index contributed by atoms with van der Waals surface area (Å²) < 4.78 is 46.1. The molecule has 0 saturated heterocycles. The van der Waals surface area contributed by atoms with E-state index in [2.05, 4.69) is 36.5 Å². The number of hydrogen-bond acceptors (Lipinski definition) is 9. The standard InChI is InChI=1S/C25H21N5O5S/c1-3-4-17-34-25-21(35-20-14-9-8-13-19(20)33-2)22(28-24(29-25)23-26-15-10-16-27-23)30-36(31,32)18-11-6-5-7-12-18/h5-16H,17H2,1-2H3,(H,28,29,30). The minimum absolute atomic E-state index is 0.0215. The van der Waals surface area contributed by atoms with E-state index in [1.807, 2.05) is 0 Å². The van der Waals surface area contributed by atoms with Gasteiger partial charge in [-0.15, -0.1) is 5.92 Å². The van der Waals surface area contributed by atoms with Crippen LogP contribution in [0.25, 0.3) is 11.6 Å². The summed E-state index contributed by atoms with van der Waals surface area (Å²) in [7, 11) is -2.57. The summed E-state index contributed by atoms with van der Waals surface area (Å²) >= 11 is 0. The quantitative estimate of drug-likeness (QED) is 0.338. The van der Waals surface area contributed by atoms with Crippen molar-refractivity contribution in [3.05, 3.63) is 73.1 Å². The number of benzene rings is 2. The first-order valence-electron chi connectivity index (χ1n) is 10.6. The topological polar surface area (TPSA) is 125 Å². The highest BCUT2D eigenvalue weighted by Crippen LogP contribution is 2.41. The SMILES string of the molecule is CC#CCOc1nc(-c2ncccn2)nc(NS(=O)(=O)c2ccccc2)c1Oc1ccccc1OC. The highest BCUT2D eigenvalue weighted by Gasteiger charge is 2.25. The van der Waals surface area contributed by atoms with Crippen LogP contribution in [0.15, 0.2) is 78.0 Å². The Balaban J connectivity index is 1.89. The summed E-state index contributed by atoms with van der Waals surface area (Å²) in [5.74, 6) is 6.06. The first-order valence-corrected chi connectivity index (χ1v) is 12.1. The lowest BCUT2D eigenvalue weighted by atomic mass is 10.3. The Morgan fingerprint density at radius 3 is 2.28 bits per heavy atom. The summed E-state index contributed by atoms with van der Waals surface area (Å²) in [5, 5.41) is 0. The van der Waals surface area contributed by atoms with Crippen LogP contribution in [0.3, 0.4) is 0 Å². The lowest BCUT2D eigenvalue weighted by Crippen LogP contribution is -2.16. The molecule has 0 saturated carbocycles. The Morgan fingerprint density at radius 2 is 1.58 bits per heavy atom. The molecule has 0 spiro atoms. The van der Waals surface area contributed by atoms with Crippen LogP contribution in [0.4, 0.5) is 5.82 Å². The number of aromatic nitrogens is 4. The highest BCUT2D eigenvalue weighted by atomic mass is 32.2. The number of ether oxygens (including phenoxy) is 3.